The van der Waals surface area contributed by atoms with E-state index < -0.39 is 0 Å². The second kappa shape index (κ2) is 33.6. The van der Waals surface area contributed by atoms with Crippen LogP contribution < -0.4 is 0 Å². The SMILES string of the molecule is CC1(C)c2ccccc2-c2c1ccc1c2sc2c(-c3ccc(-c4nc(-c5ccccc5)nc(-c5ccccc5)n4)cc3)cccc21.CC1(C)c2ccccc2-c2c1ccc1c2sc2c(-c3cccc(-c4nc(-c5ccccc5)nc(-c5ccccc5)n4)c3)cccc21.CC1(C)c2ccccc2-c2c1ccc1c2sc2ccc(-c3ccc(-c4nc(-c5ccccc5)nc(-c5ccccc5)n4)cc3)cc21. The Kier molecular flexibility index (Phi) is 20.3. The molecule has 0 radical (unpaired) electrons. The van der Waals surface area contributed by atoms with Gasteiger partial charge in [-0.05, 0) is 102 Å². The van der Waals surface area contributed by atoms with Gasteiger partial charge in [0.2, 0.25) is 0 Å². The van der Waals surface area contributed by atoms with E-state index in [-0.39, 0.29) is 16.2 Å². The molecule has 0 N–H and O–H groups in total. The molecule has 0 atom stereocenters. The van der Waals surface area contributed by atoms with Crippen LogP contribution in [0.15, 0.2) is 419 Å². The molecule has 6 aromatic heterocycles. The second-order valence-electron chi connectivity index (χ2n) is 37.3. The molecule has 6 heterocycles. The second-order valence-corrected chi connectivity index (χ2v) is 40.4. The zero-order chi connectivity index (χ0) is 92.5. The number of rotatable bonds is 12. The summed E-state index contributed by atoms with van der Waals surface area (Å²) in [4.78, 5) is 44.2. The van der Waals surface area contributed by atoms with Crippen molar-refractivity contribution < 1.29 is 0 Å². The van der Waals surface area contributed by atoms with Crippen molar-refractivity contribution in [2.24, 2.45) is 0 Å². The van der Waals surface area contributed by atoms with Crippen molar-refractivity contribution >= 4 is 94.5 Å². The van der Waals surface area contributed by atoms with Crippen molar-refractivity contribution in [3.8, 4) is 169 Å². The Morgan fingerprint density at radius 2 is 0.399 bits per heavy atom. The summed E-state index contributed by atoms with van der Waals surface area (Å²) in [6.07, 6.45) is 0. The third-order valence-electron chi connectivity index (χ3n) is 28.1. The molecule has 0 amide bonds. The predicted octanol–water partition coefficient (Wildman–Crippen LogP) is 33.6. The Balaban J connectivity index is 0.000000110. The van der Waals surface area contributed by atoms with E-state index in [2.05, 4.69) is 278 Å². The lowest BCUT2D eigenvalue weighted by Gasteiger charge is -2.21. The fourth-order valence-electron chi connectivity index (χ4n) is 21.0. The summed E-state index contributed by atoms with van der Waals surface area (Å²) in [5, 5.41) is 7.90. The van der Waals surface area contributed by atoms with Crippen molar-refractivity contribution in [3.63, 3.8) is 0 Å². The summed E-state index contributed by atoms with van der Waals surface area (Å²) in [5.41, 5.74) is 32.6. The first-order valence-corrected chi connectivity index (χ1v) is 49.3. The highest BCUT2D eigenvalue weighted by atomic mass is 32.1. The van der Waals surface area contributed by atoms with E-state index in [0.717, 1.165) is 55.6 Å². The first kappa shape index (κ1) is 83.5. The molecule has 0 bridgehead atoms. The van der Waals surface area contributed by atoms with E-state index in [1.54, 1.807) is 0 Å². The molecule has 0 saturated heterocycles. The number of thiophene rings is 3. The molecule has 0 spiro atoms. The van der Waals surface area contributed by atoms with Crippen LogP contribution in [0, 0.1) is 0 Å². The minimum absolute atomic E-state index is 0.00540. The van der Waals surface area contributed by atoms with E-state index in [4.69, 9.17) is 44.9 Å². The standard InChI is InChI=1S/3C42H29N3S/c1-42(2)34-22-10-9-19-33(34)36-35(42)24-23-32-31-21-12-20-30(37(31)46-38(32)36)28-17-11-18-29(25-28)41-44-39(26-13-5-3-6-14-26)43-40(45-41)27-15-7-4-8-16-27;1-42(2)34-19-10-9-16-33(34)36-35(42)25-24-32-31-18-11-17-30(37(31)46-38(32)36)26-20-22-29(23-21-26)41-44-39(27-12-5-3-6-13-27)43-40(45-41)28-14-7-4-8-15-28;1-42(2)34-16-10-9-15-32(34)37-35(42)23-22-31-33-25-30(21-24-36(33)46-38(31)37)26-17-19-29(20-18-26)41-44-39(27-11-5-3-6-12-27)43-40(45-41)28-13-7-4-8-14-28/h3*3-25H,1-2H3. The van der Waals surface area contributed by atoms with Gasteiger partial charge in [0.05, 0.1) is 0 Å². The maximum absolute atomic E-state index is 4.99. The van der Waals surface area contributed by atoms with Gasteiger partial charge in [-0.2, -0.15) is 0 Å². The molecular weight excluding hydrogens is 1740 g/mol. The topological polar surface area (TPSA) is 116 Å². The molecule has 0 aliphatic heterocycles. The van der Waals surface area contributed by atoms with Gasteiger partial charge in [-0.1, -0.05) is 442 Å². The first-order chi connectivity index (χ1) is 67.7. The minimum Gasteiger partial charge on any atom is -0.208 e. The Bertz CT molecular complexity index is 8760. The third-order valence-corrected chi connectivity index (χ3v) is 31.8. The van der Waals surface area contributed by atoms with E-state index in [1.165, 1.54) is 155 Å². The summed E-state index contributed by atoms with van der Waals surface area (Å²) in [6.45, 7) is 14.1. The molecule has 27 rings (SSSR count). The highest BCUT2D eigenvalue weighted by Crippen LogP contribution is 2.59. The van der Waals surface area contributed by atoms with Crippen molar-refractivity contribution in [2.75, 3.05) is 0 Å². The Labute approximate surface area is 812 Å². The summed E-state index contributed by atoms with van der Waals surface area (Å²) < 4.78 is 8.07. The monoisotopic (exact) mass is 1820 g/mol. The van der Waals surface area contributed by atoms with Crippen LogP contribution in [-0.4, -0.2) is 44.9 Å². The highest BCUT2D eigenvalue weighted by molar-refractivity contribution is 7.27. The molecule has 24 aromatic rings. The number of hydrogen-bond acceptors (Lipinski definition) is 12. The van der Waals surface area contributed by atoms with Crippen LogP contribution in [-0.2, 0) is 16.2 Å². The van der Waals surface area contributed by atoms with Gasteiger partial charge < -0.3 is 0 Å². The average molecular weight is 1820 g/mol. The summed E-state index contributed by atoms with van der Waals surface area (Å²) in [6, 6.07) is 148. The van der Waals surface area contributed by atoms with Gasteiger partial charge in [0, 0.05) is 144 Å². The number of benzene rings is 18. The van der Waals surface area contributed by atoms with Crippen LogP contribution in [0.3, 0.4) is 0 Å². The van der Waals surface area contributed by atoms with E-state index in [9.17, 15) is 0 Å². The number of aromatic nitrogens is 9. The summed E-state index contributed by atoms with van der Waals surface area (Å²) >= 11 is 5.74. The van der Waals surface area contributed by atoms with Gasteiger partial charge in [0.1, 0.15) is 0 Å². The first-order valence-electron chi connectivity index (χ1n) is 46.9. The van der Waals surface area contributed by atoms with Gasteiger partial charge in [0.25, 0.3) is 0 Å². The summed E-state index contributed by atoms with van der Waals surface area (Å²) in [7, 11) is 0. The van der Waals surface area contributed by atoms with Crippen molar-refractivity contribution in [1.29, 1.82) is 0 Å². The Morgan fingerprint density at radius 3 is 0.754 bits per heavy atom. The smallest absolute Gasteiger partial charge is 0.164 e. The van der Waals surface area contributed by atoms with Crippen LogP contribution in [0.4, 0.5) is 0 Å². The lowest BCUT2D eigenvalue weighted by atomic mass is 9.82. The van der Waals surface area contributed by atoms with Crippen LogP contribution in [0.25, 0.3) is 230 Å². The van der Waals surface area contributed by atoms with Crippen molar-refractivity contribution in [3.05, 3.63) is 452 Å². The maximum atomic E-state index is 4.99. The fraction of sp³-hybridized carbons (Fsp3) is 0.0714. The fourth-order valence-corrected chi connectivity index (χ4v) is 25.0. The molecule has 138 heavy (non-hydrogen) atoms. The Morgan fingerprint density at radius 1 is 0.152 bits per heavy atom. The van der Waals surface area contributed by atoms with Gasteiger partial charge in [-0.3, -0.25) is 0 Å². The number of hydrogen-bond donors (Lipinski definition) is 0. The van der Waals surface area contributed by atoms with E-state index in [0.29, 0.717) is 52.4 Å². The van der Waals surface area contributed by atoms with Gasteiger partial charge in [-0.25, -0.2) is 44.9 Å². The lowest BCUT2D eigenvalue weighted by Crippen LogP contribution is -2.14. The van der Waals surface area contributed by atoms with Gasteiger partial charge in [-0.15, -0.1) is 34.0 Å². The molecular formula is C126H87N9S3. The number of nitrogens with zero attached hydrogens (tertiary/aromatic N) is 9. The minimum atomic E-state index is -0.0187. The molecule has 3 aliphatic rings. The van der Waals surface area contributed by atoms with Crippen LogP contribution in [0.5, 0.6) is 0 Å². The average Bonchev–Trinajstić information content (AvgIpc) is 1.57. The number of fused-ring (bicyclic) bond motifs is 21. The van der Waals surface area contributed by atoms with Crippen LogP contribution >= 0.6 is 34.0 Å². The maximum Gasteiger partial charge on any atom is 0.164 e. The summed E-state index contributed by atoms with van der Waals surface area (Å²) in [5.74, 6) is 5.99. The molecule has 654 valence electrons. The predicted molar refractivity (Wildman–Crippen MR) is 576 cm³/mol. The molecule has 18 aromatic carbocycles. The zero-order valence-corrected chi connectivity index (χ0v) is 79.0. The van der Waals surface area contributed by atoms with Gasteiger partial charge in [0.15, 0.2) is 52.4 Å². The highest BCUT2D eigenvalue weighted by Gasteiger charge is 2.40. The van der Waals surface area contributed by atoms with Gasteiger partial charge >= 0.3 is 0 Å². The van der Waals surface area contributed by atoms with Crippen LogP contribution in [0.1, 0.15) is 74.9 Å². The van der Waals surface area contributed by atoms with Crippen LogP contribution in [0.2, 0.25) is 0 Å². The van der Waals surface area contributed by atoms with Crippen molar-refractivity contribution in [2.45, 2.75) is 57.8 Å². The van der Waals surface area contributed by atoms with Crippen molar-refractivity contribution in [1.82, 2.24) is 44.9 Å². The lowest BCUT2D eigenvalue weighted by molar-refractivity contribution is 0.661. The molecule has 12 heteroatoms. The largest absolute Gasteiger partial charge is 0.208 e. The molecule has 0 fully saturated rings. The third kappa shape index (κ3) is 14.3. The normalized spacial score (nSPS) is 13.2. The molecule has 9 nitrogen and oxygen atoms in total. The molecule has 0 unspecified atom stereocenters. The molecule has 3 aliphatic carbocycles. The quantitative estimate of drug-likeness (QED) is 0.118. The zero-order valence-electron chi connectivity index (χ0n) is 76.6. The van der Waals surface area contributed by atoms with E-state index >= 15 is 0 Å². The molecule has 0 saturated carbocycles. The Hall–Kier alpha value is -16.4. The van der Waals surface area contributed by atoms with E-state index in [1.807, 2.05) is 216 Å².